The molecule has 109 heavy (non-hydrogen) atoms. The molecule has 0 spiro atoms. The maximum absolute atomic E-state index is 11.6. The number of esters is 6. The van der Waals surface area contributed by atoms with Crippen molar-refractivity contribution in [2.75, 3.05) is 72.7 Å². The molecule has 4 rings (SSSR count). The number of carbonyl (C=O) groups excluding carboxylic acids is 6. The summed E-state index contributed by atoms with van der Waals surface area (Å²) in [5, 5.41) is 25.4. The molecule has 0 aromatic rings. The van der Waals surface area contributed by atoms with E-state index in [1.807, 2.05) is 34.6 Å². The zero-order valence-corrected chi connectivity index (χ0v) is 73.7. The number of rotatable bonds is 45. The van der Waals surface area contributed by atoms with Gasteiger partial charge in [-0.05, 0) is 134 Å². The van der Waals surface area contributed by atoms with E-state index >= 15 is 0 Å². The third kappa shape index (κ3) is 43.2. The maximum atomic E-state index is 11.6. The van der Waals surface area contributed by atoms with Crippen LogP contribution in [0.2, 0.25) is 0 Å². The lowest BCUT2D eigenvalue weighted by molar-refractivity contribution is -0.273. The monoisotopic (exact) mass is 1600 g/mol. The normalized spacial score (nSPS) is 24.8. The molecule has 0 aromatic carbocycles. The summed E-state index contributed by atoms with van der Waals surface area (Å²) in [6.07, 6.45) is 8.97. The minimum Gasteiger partial charge on any atom is -0.463 e. The molecule has 3 fully saturated rings. The van der Waals surface area contributed by atoms with E-state index in [1.54, 1.807) is 6.92 Å². The van der Waals surface area contributed by atoms with Gasteiger partial charge < -0.3 is 85.7 Å². The predicted molar refractivity (Wildman–Crippen MR) is 424 cm³/mol. The number of unbranched alkanes of at least 4 members (excludes halogenated alkanes) is 9. The molecular formula is C79H152N4O24P2. The fourth-order valence-corrected chi connectivity index (χ4v) is 16.9. The zero-order chi connectivity index (χ0) is 83.0. The van der Waals surface area contributed by atoms with Crippen LogP contribution < -0.4 is 0 Å². The number of aliphatic hydroxyl groups excluding tert-OH is 3. The number of hydrogen-bond acceptors (Lipinski definition) is 28. The van der Waals surface area contributed by atoms with E-state index < -0.39 is 96.3 Å². The summed E-state index contributed by atoms with van der Waals surface area (Å²) in [5.74, 6) is -1.86. The maximum Gasteiger partial charge on any atom is 0.303 e. The number of hydrogen-bond donors (Lipinski definition) is 3. The summed E-state index contributed by atoms with van der Waals surface area (Å²) in [4.78, 5) is 71.9. The van der Waals surface area contributed by atoms with Gasteiger partial charge in [0.05, 0.1) is 19.8 Å². The average molecular weight is 1600 g/mol. The van der Waals surface area contributed by atoms with Crippen molar-refractivity contribution in [2.45, 2.75) is 368 Å². The van der Waals surface area contributed by atoms with E-state index in [0.717, 1.165) is 96.5 Å². The Balaban J connectivity index is 0.00000142. The highest BCUT2D eigenvalue weighted by Crippen LogP contribution is 2.51. The van der Waals surface area contributed by atoms with Crippen LogP contribution in [0, 0.1) is 29.6 Å². The van der Waals surface area contributed by atoms with Crippen LogP contribution in [0.3, 0.4) is 0 Å². The van der Waals surface area contributed by atoms with Crippen molar-refractivity contribution in [1.29, 1.82) is 0 Å². The van der Waals surface area contributed by atoms with Crippen LogP contribution in [-0.4, -0.2) is 242 Å². The van der Waals surface area contributed by atoms with Crippen LogP contribution in [0.5, 0.6) is 0 Å². The second-order valence-corrected chi connectivity index (χ2v) is 33.3. The minimum absolute atomic E-state index is 0.00131. The Hall–Kier alpha value is -3.41. The van der Waals surface area contributed by atoms with E-state index in [1.165, 1.54) is 41.5 Å². The number of carbonyl (C=O) groups is 6. The molecule has 0 bridgehead atoms. The van der Waals surface area contributed by atoms with Gasteiger partial charge in [0, 0.05) is 147 Å². The smallest absolute Gasteiger partial charge is 0.303 e. The summed E-state index contributed by atoms with van der Waals surface area (Å²) in [6, 6.07) is 2.53. The molecule has 3 N–H and O–H groups in total. The molecule has 642 valence electrons. The van der Waals surface area contributed by atoms with Gasteiger partial charge in [0.2, 0.25) is 6.29 Å². The van der Waals surface area contributed by atoms with Gasteiger partial charge in [-0.25, -0.2) is 19.0 Å². The molecule has 0 radical (unpaired) electrons. The van der Waals surface area contributed by atoms with E-state index in [0.29, 0.717) is 68.6 Å². The van der Waals surface area contributed by atoms with E-state index in [9.17, 15) is 28.8 Å². The first-order valence-corrected chi connectivity index (χ1v) is 42.7. The van der Waals surface area contributed by atoms with Crippen LogP contribution in [-0.2, 0) is 99.2 Å². The lowest BCUT2D eigenvalue weighted by Gasteiger charge is -2.45. The van der Waals surface area contributed by atoms with Crippen molar-refractivity contribution in [3.05, 3.63) is 0 Å². The Labute approximate surface area is 659 Å². The van der Waals surface area contributed by atoms with Crippen molar-refractivity contribution in [3.8, 4) is 0 Å². The van der Waals surface area contributed by atoms with Gasteiger partial charge in [0.1, 0.15) is 62.5 Å². The first kappa shape index (κ1) is 106. The van der Waals surface area contributed by atoms with Crippen LogP contribution in [0.1, 0.15) is 270 Å². The minimum atomic E-state index is -1.05. The average Bonchev–Trinajstić information content (AvgIpc) is 1.73. The molecular weight excluding hydrogens is 1450 g/mol. The second-order valence-electron chi connectivity index (χ2n) is 30.2. The molecule has 28 nitrogen and oxygen atoms in total. The van der Waals surface area contributed by atoms with Gasteiger partial charge >= 0.3 is 35.8 Å². The Morgan fingerprint density at radius 3 is 1.04 bits per heavy atom. The Morgan fingerprint density at radius 2 is 0.716 bits per heavy atom. The van der Waals surface area contributed by atoms with Crippen LogP contribution in [0.25, 0.3) is 0 Å². The molecule has 4 heterocycles. The topological polar surface area (TPSA) is 324 Å². The SMILES string of the molecule is CC(=O)OCC1OC(OCCCCCCO)C(C)C(C)C1OC(C)=O.CC(=O)OCC1OC2OC(C)=NC2C(C)C1OC(C)=O.CCCOP(N(C(C)C)C(C)C)N(C(C)C)C(C)C.CCCOP(OCCCCCCOC1OC(COC(C)=O)C(OC(C)=O)C(C)C1C)N(C(C)C)C(C)C.OCCCCCCO. The number of aliphatic hydroxyl groups is 3. The molecule has 4 aliphatic heterocycles. The predicted octanol–water partition coefficient (Wildman–Crippen LogP) is 14.0. The highest BCUT2D eigenvalue weighted by molar-refractivity contribution is 7.47. The van der Waals surface area contributed by atoms with Gasteiger partial charge in [-0.15, -0.1) is 0 Å². The first-order valence-electron chi connectivity index (χ1n) is 40.4. The summed E-state index contributed by atoms with van der Waals surface area (Å²) in [7, 11) is -1.73. The van der Waals surface area contributed by atoms with Gasteiger partial charge in [-0.2, -0.15) is 0 Å². The second kappa shape index (κ2) is 60.2. The fraction of sp³-hybridized carbons (Fsp3) is 0.911. The van der Waals surface area contributed by atoms with Crippen LogP contribution >= 0.6 is 17.0 Å². The van der Waals surface area contributed by atoms with E-state index in [4.69, 9.17) is 85.7 Å². The summed E-state index contributed by atoms with van der Waals surface area (Å²) >= 11 is 0. The Bertz CT molecular complexity index is 2410. The van der Waals surface area contributed by atoms with E-state index in [2.05, 4.69) is 116 Å². The van der Waals surface area contributed by atoms with Crippen molar-refractivity contribution < 1.29 is 115 Å². The summed E-state index contributed by atoms with van der Waals surface area (Å²) in [6.45, 7) is 55.1. The molecule has 0 aliphatic carbocycles. The largest absolute Gasteiger partial charge is 0.463 e. The highest BCUT2D eigenvalue weighted by atomic mass is 31.2. The lowest BCUT2D eigenvalue weighted by Crippen LogP contribution is -2.54. The zero-order valence-electron chi connectivity index (χ0n) is 71.9. The molecule has 0 saturated carbocycles. The van der Waals surface area contributed by atoms with Crippen molar-refractivity contribution in [3.63, 3.8) is 0 Å². The number of fused-ring (bicyclic) bond motifs is 1. The highest BCUT2D eigenvalue weighted by Gasteiger charge is 2.50. The van der Waals surface area contributed by atoms with Crippen molar-refractivity contribution >= 4 is 58.7 Å². The lowest BCUT2D eigenvalue weighted by atomic mass is 9.84. The van der Waals surface area contributed by atoms with Crippen LogP contribution in [0.15, 0.2) is 4.99 Å². The van der Waals surface area contributed by atoms with Crippen molar-refractivity contribution in [1.82, 2.24) is 14.0 Å². The summed E-state index contributed by atoms with van der Waals surface area (Å²) < 4.78 is 92.5. The fourth-order valence-electron chi connectivity index (χ4n) is 12.8. The van der Waals surface area contributed by atoms with Gasteiger partial charge in [-0.1, -0.05) is 87.0 Å². The van der Waals surface area contributed by atoms with Gasteiger partial charge in [0.15, 0.2) is 26.9 Å². The molecule has 16 atom stereocenters. The number of nitrogens with zero attached hydrogens (tertiary/aromatic N) is 4. The first-order chi connectivity index (χ1) is 51.4. The summed E-state index contributed by atoms with van der Waals surface area (Å²) in [5.41, 5.74) is 0. The number of aliphatic imine (C=N–C) groups is 1. The van der Waals surface area contributed by atoms with Gasteiger partial charge in [0.25, 0.3) is 8.53 Å². The van der Waals surface area contributed by atoms with E-state index in [-0.39, 0.29) is 87.2 Å². The van der Waals surface area contributed by atoms with Crippen molar-refractivity contribution in [2.24, 2.45) is 34.6 Å². The third-order valence-electron chi connectivity index (χ3n) is 18.3. The molecule has 0 aromatic heterocycles. The molecule has 16 unspecified atom stereocenters. The standard InChI is InChI=1S/C27H52NO8P.C18H32O7.C15H35N2OP.C13H19NO6.C6H14O2/c1-10-15-33-37(28(19(2)3)20(4)5)34-17-14-12-11-13-16-31-27-22(7)21(6)26(35-24(9)30)25(36-27)18-32-23(8)29;1-12-13(2)18(22-10-8-6-5-7-9-19)25-16(11-23-14(3)20)17(12)24-15(4)21;1-10-11-18-19(16(12(2)3)13(4)5)17(14(6)7)15(8)9;1-6-11-13(18-7(2)14-11)20-10(5-17-8(3)15)12(6)19-9(4)16;7-5-3-1-2-4-6-8/h19-22,25-27H,10-18H2,1-9H3;12-13,16-19H,5-11H2,1-4H3;12-15H,10-11H2,1-9H3;6,10-13H,5H2,1-4H3;7-8H,1-6H2. The third-order valence-corrected chi connectivity index (χ3v) is 23.4. The molecule has 3 saturated heterocycles. The number of ether oxygens (including phenoxy) is 12. The Kier molecular flexibility index (Phi) is 58.3. The van der Waals surface area contributed by atoms with Gasteiger partial charge in [-0.3, -0.25) is 28.8 Å². The molecule has 4 aliphatic rings. The Morgan fingerprint density at radius 1 is 0.404 bits per heavy atom. The quantitative estimate of drug-likeness (QED) is 0.0221. The molecule has 0 amide bonds. The van der Waals surface area contributed by atoms with Crippen LogP contribution in [0.4, 0.5) is 0 Å². The molecule has 30 heteroatoms.